The van der Waals surface area contributed by atoms with Gasteiger partial charge in [0.05, 0.1) is 11.1 Å². The van der Waals surface area contributed by atoms with Crippen molar-refractivity contribution in [3.05, 3.63) is 88.9 Å². The number of anilines is 1. The Morgan fingerprint density at radius 1 is 0.935 bits per heavy atom. The molecular formula is C24H20ClN3O2S. The largest absolute Gasteiger partial charge is 0.352 e. The van der Waals surface area contributed by atoms with Gasteiger partial charge in [-0.1, -0.05) is 47.6 Å². The van der Waals surface area contributed by atoms with E-state index in [4.69, 9.17) is 11.6 Å². The van der Waals surface area contributed by atoms with Crippen molar-refractivity contribution in [2.75, 3.05) is 11.9 Å². The van der Waals surface area contributed by atoms with Gasteiger partial charge in [-0.3, -0.25) is 9.59 Å². The minimum atomic E-state index is -0.212. The van der Waals surface area contributed by atoms with E-state index in [-0.39, 0.29) is 18.2 Å². The molecule has 2 N–H and O–H groups in total. The van der Waals surface area contributed by atoms with Crippen LogP contribution >= 0.6 is 23.4 Å². The van der Waals surface area contributed by atoms with Gasteiger partial charge in [-0.15, -0.1) is 0 Å². The molecule has 0 spiro atoms. The predicted octanol–water partition coefficient (Wildman–Crippen LogP) is 5.51. The van der Waals surface area contributed by atoms with Crippen molar-refractivity contribution < 1.29 is 9.59 Å². The van der Waals surface area contributed by atoms with Gasteiger partial charge in [-0.25, -0.2) is 0 Å². The van der Waals surface area contributed by atoms with Crippen LogP contribution in [0.25, 0.3) is 0 Å². The molecule has 0 atom stereocenters. The summed E-state index contributed by atoms with van der Waals surface area (Å²) in [5, 5.41) is 15.6. The van der Waals surface area contributed by atoms with Crippen molar-refractivity contribution >= 4 is 40.9 Å². The molecule has 0 aliphatic carbocycles. The van der Waals surface area contributed by atoms with Crippen molar-refractivity contribution in [3.63, 3.8) is 0 Å². The molecule has 5 nitrogen and oxygen atoms in total. The fourth-order valence-corrected chi connectivity index (χ4v) is 3.96. The maximum absolute atomic E-state index is 12.7. The molecule has 0 aromatic heterocycles. The number of nitrogens with zero attached hydrogens (tertiary/aromatic N) is 1. The highest BCUT2D eigenvalue weighted by atomic mass is 35.5. The third-order valence-electron chi connectivity index (χ3n) is 4.35. The highest BCUT2D eigenvalue weighted by Gasteiger charge is 2.13. The summed E-state index contributed by atoms with van der Waals surface area (Å²) in [5.41, 5.74) is 1.78. The van der Waals surface area contributed by atoms with E-state index < -0.39 is 0 Å². The van der Waals surface area contributed by atoms with Gasteiger partial charge in [0.25, 0.3) is 5.91 Å². The molecule has 0 bridgehead atoms. The van der Waals surface area contributed by atoms with Crippen LogP contribution in [0.15, 0.2) is 82.6 Å². The predicted molar refractivity (Wildman–Crippen MR) is 123 cm³/mol. The van der Waals surface area contributed by atoms with E-state index in [9.17, 15) is 14.9 Å². The maximum Gasteiger partial charge on any atom is 0.252 e. The summed E-state index contributed by atoms with van der Waals surface area (Å²) in [5.74, 6) is -0.337. The lowest BCUT2D eigenvalue weighted by Crippen LogP contribution is -2.26. The summed E-state index contributed by atoms with van der Waals surface area (Å²) >= 11 is 7.22. The molecule has 0 aliphatic heterocycles. The quantitative estimate of drug-likeness (QED) is 0.444. The number of carbonyl (C=O) groups excluding carboxylic acids is 2. The lowest BCUT2D eigenvalue weighted by atomic mass is 10.2. The van der Waals surface area contributed by atoms with Crippen molar-refractivity contribution in [2.45, 2.75) is 22.6 Å². The van der Waals surface area contributed by atoms with Crippen LogP contribution in [0.1, 0.15) is 28.8 Å². The lowest BCUT2D eigenvalue weighted by molar-refractivity contribution is -0.116. The number of carbonyl (C=O) groups is 2. The summed E-state index contributed by atoms with van der Waals surface area (Å²) in [6.45, 7) is 0.376. The normalized spacial score (nSPS) is 10.2. The van der Waals surface area contributed by atoms with E-state index in [1.165, 1.54) is 11.8 Å². The molecule has 3 rings (SSSR count). The third kappa shape index (κ3) is 6.61. The molecule has 0 fully saturated rings. The topological polar surface area (TPSA) is 82.0 Å². The van der Waals surface area contributed by atoms with Crippen LogP contribution in [0, 0.1) is 11.3 Å². The fourth-order valence-electron chi connectivity index (χ4n) is 2.81. The van der Waals surface area contributed by atoms with Gasteiger partial charge in [0.1, 0.15) is 6.07 Å². The Balaban J connectivity index is 1.52. The van der Waals surface area contributed by atoms with Gasteiger partial charge in [0.2, 0.25) is 5.91 Å². The Hall–Kier alpha value is -3.27. The summed E-state index contributed by atoms with van der Waals surface area (Å²) in [7, 11) is 0. The average Bonchev–Trinajstić information content (AvgIpc) is 2.79. The smallest absolute Gasteiger partial charge is 0.252 e. The number of rotatable bonds is 8. The second-order valence-corrected chi connectivity index (χ2v) is 8.14. The molecule has 0 unspecified atom stereocenters. The molecule has 0 saturated carbocycles. The second-order valence-electron chi connectivity index (χ2n) is 6.62. The van der Waals surface area contributed by atoms with Crippen LogP contribution in [0.2, 0.25) is 5.02 Å². The molecule has 7 heteroatoms. The van der Waals surface area contributed by atoms with Crippen LogP contribution < -0.4 is 10.6 Å². The molecule has 0 aliphatic rings. The standard InChI is InChI=1S/C24H20ClN3O2S/c25-18-11-13-19(14-12-18)28-23(29)10-5-15-27-24(30)20-7-2-4-9-22(20)31-21-8-3-1-6-17(21)16-26/h1-4,6-9,11-14H,5,10,15H2,(H,27,30)(H,28,29). The summed E-state index contributed by atoms with van der Waals surface area (Å²) in [6, 6.07) is 23.6. The van der Waals surface area contributed by atoms with Crippen LogP contribution in [0.4, 0.5) is 5.69 Å². The zero-order valence-electron chi connectivity index (χ0n) is 16.6. The van der Waals surface area contributed by atoms with Gasteiger partial charge in [-0.2, -0.15) is 5.26 Å². The van der Waals surface area contributed by atoms with Crippen molar-refractivity contribution in [3.8, 4) is 6.07 Å². The number of amides is 2. The average molecular weight is 450 g/mol. The molecule has 2 amide bonds. The van der Waals surface area contributed by atoms with Crippen LogP contribution in [-0.4, -0.2) is 18.4 Å². The van der Waals surface area contributed by atoms with Gasteiger partial charge < -0.3 is 10.6 Å². The summed E-state index contributed by atoms with van der Waals surface area (Å²) < 4.78 is 0. The zero-order valence-corrected chi connectivity index (χ0v) is 18.2. The highest BCUT2D eigenvalue weighted by molar-refractivity contribution is 7.99. The summed E-state index contributed by atoms with van der Waals surface area (Å²) in [4.78, 5) is 26.3. The number of hydrogen-bond acceptors (Lipinski definition) is 4. The molecule has 31 heavy (non-hydrogen) atoms. The van der Waals surface area contributed by atoms with Crippen LogP contribution in [0.5, 0.6) is 0 Å². The third-order valence-corrected chi connectivity index (χ3v) is 5.76. The molecule has 0 radical (unpaired) electrons. The SMILES string of the molecule is N#Cc1ccccc1Sc1ccccc1C(=O)NCCCC(=O)Nc1ccc(Cl)cc1. The number of nitriles is 1. The number of halogens is 1. The molecule has 0 heterocycles. The van der Waals surface area contributed by atoms with Crippen molar-refractivity contribution in [2.24, 2.45) is 0 Å². The summed E-state index contributed by atoms with van der Waals surface area (Å²) in [6.07, 6.45) is 0.798. The Morgan fingerprint density at radius 3 is 2.35 bits per heavy atom. The van der Waals surface area contributed by atoms with Crippen molar-refractivity contribution in [1.29, 1.82) is 5.26 Å². The van der Waals surface area contributed by atoms with Gasteiger partial charge in [-0.05, 0) is 55.0 Å². The van der Waals surface area contributed by atoms with Gasteiger partial charge >= 0.3 is 0 Å². The first-order valence-corrected chi connectivity index (χ1v) is 10.9. The molecular weight excluding hydrogens is 430 g/mol. The Morgan fingerprint density at radius 2 is 1.61 bits per heavy atom. The van der Waals surface area contributed by atoms with Crippen LogP contribution in [-0.2, 0) is 4.79 Å². The first-order valence-electron chi connectivity index (χ1n) is 9.66. The monoisotopic (exact) mass is 449 g/mol. The van der Waals surface area contributed by atoms with Gasteiger partial charge in [0, 0.05) is 33.5 Å². The van der Waals surface area contributed by atoms with E-state index in [1.807, 2.05) is 30.3 Å². The molecule has 3 aromatic rings. The van der Waals surface area contributed by atoms with E-state index in [2.05, 4.69) is 16.7 Å². The Bertz CT molecular complexity index is 1110. The van der Waals surface area contributed by atoms with E-state index in [1.54, 1.807) is 42.5 Å². The van der Waals surface area contributed by atoms with Crippen LogP contribution in [0.3, 0.4) is 0 Å². The first-order chi connectivity index (χ1) is 15.1. The first kappa shape index (κ1) is 22.4. The number of benzene rings is 3. The highest BCUT2D eigenvalue weighted by Crippen LogP contribution is 2.32. The fraction of sp³-hybridized carbons (Fsp3) is 0.125. The minimum absolute atomic E-state index is 0.124. The Kier molecular flexibility index (Phi) is 8.11. The van der Waals surface area contributed by atoms with E-state index in [0.29, 0.717) is 34.8 Å². The molecule has 0 saturated heterocycles. The van der Waals surface area contributed by atoms with E-state index in [0.717, 1.165) is 9.79 Å². The van der Waals surface area contributed by atoms with E-state index >= 15 is 0 Å². The second kappa shape index (κ2) is 11.2. The maximum atomic E-state index is 12.7. The molecule has 3 aromatic carbocycles. The minimum Gasteiger partial charge on any atom is -0.352 e. The number of nitrogens with one attached hydrogen (secondary N) is 2. The van der Waals surface area contributed by atoms with Gasteiger partial charge in [0.15, 0.2) is 0 Å². The lowest BCUT2D eigenvalue weighted by Gasteiger charge is -2.11. The van der Waals surface area contributed by atoms with Crippen molar-refractivity contribution in [1.82, 2.24) is 5.32 Å². The zero-order chi connectivity index (χ0) is 22.1. The number of hydrogen-bond donors (Lipinski definition) is 2. The Labute approximate surface area is 190 Å². The molecule has 156 valence electrons.